The number of benzene rings is 1. The van der Waals surface area contributed by atoms with Crippen LogP contribution in [0.4, 0.5) is 4.39 Å². The van der Waals surface area contributed by atoms with Gasteiger partial charge in [0.05, 0.1) is 11.0 Å². The summed E-state index contributed by atoms with van der Waals surface area (Å²) < 4.78 is 15.3. The number of aromatic amines is 1. The fourth-order valence-electron chi connectivity index (χ4n) is 2.82. The third-order valence-electron chi connectivity index (χ3n) is 3.96. The van der Waals surface area contributed by atoms with Gasteiger partial charge in [-0.2, -0.15) is 0 Å². The zero-order valence-electron chi connectivity index (χ0n) is 13.0. The van der Waals surface area contributed by atoms with Crippen LogP contribution in [0.3, 0.4) is 0 Å². The molecular weight excluding hydrogens is 305 g/mol. The summed E-state index contributed by atoms with van der Waals surface area (Å²) in [5.74, 6) is 1.56. The summed E-state index contributed by atoms with van der Waals surface area (Å²) in [6, 6.07) is 8.50. The smallest absolute Gasteiger partial charge is 0.139 e. The van der Waals surface area contributed by atoms with Gasteiger partial charge in [-0.15, -0.1) is 0 Å². The average molecular weight is 321 g/mol. The van der Waals surface area contributed by atoms with E-state index in [2.05, 4.69) is 24.5 Å². The van der Waals surface area contributed by atoms with Crippen LogP contribution in [0.25, 0.3) is 22.4 Å². The molecular formula is C18H16FN5. The molecule has 3 heterocycles. The van der Waals surface area contributed by atoms with Crippen molar-refractivity contribution >= 4 is 11.0 Å². The number of H-pyrrole nitrogens is 1. The molecule has 0 radical (unpaired) electrons. The molecule has 0 saturated heterocycles. The lowest BCUT2D eigenvalue weighted by molar-refractivity contribution is 0.629. The lowest BCUT2D eigenvalue weighted by Gasteiger charge is -2.07. The summed E-state index contributed by atoms with van der Waals surface area (Å²) >= 11 is 0. The molecule has 1 N–H and O–H groups in total. The van der Waals surface area contributed by atoms with E-state index >= 15 is 0 Å². The molecule has 1 aromatic carbocycles. The summed E-state index contributed by atoms with van der Waals surface area (Å²) in [6.07, 6.45) is 9.02. The Morgan fingerprint density at radius 2 is 1.96 bits per heavy atom. The minimum absolute atomic E-state index is 0.252. The number of imidazole rings is 2. The molecule has 0 aliphatic heterocycles. The van der Waals surface area contributed by atoms with Crippen LogP contribution < -0.4 is 0 Å². The first kappa shape index (κ1) is 14.6. The van der Waals surface area contributed by atoms with Crippen LogP contribution in [0.1, 0.15) is 12.2 Å². The Balaban J connectivity index is 1.45. The van der Waals surface area contributed by atoms with Gasteiger partial charge in [-0.25, -0.2) is 14.4 Å². The van der Waals surface area contributed by atoms with Crippen LogP contribution in [0.15, 0.2) is 55.1 Å². The number of rotatable bonds is 5. The fraction of sp³-hybridized carbons (Fsp3) is 0.167. The molecule has 24 heavy (non-hydrogen) atoms. The molecule has 0 aliphatic rings. The number of aryl methyl sites for hydroxylation is 2. The van der Waals surface area contributed by atoms with Crippen LogP contribution >= 0.6 is 0 Å². The highest BCUT2D eigenvalue weighted by atomic mass is 19.1. The third kappa shape index (κ3) is 2.90. The normalized spacial score (nSPS) is 11.2. The van der Waals surface area contributed by atoms with Crippen molar-refractivity contribution in [3.05, 3.63) is 66.8 Å². The average Bonchev–Trinajstić information content (AvgIpc) is 3.22. The van der Waals surface area contributed by atoms with Gasteiger partial charge in [0.25, 0.3) is 0 Å². The maximum atomic E-state index is 13.2. The van der Waals surface area contributed by atoms with Gasteiger partial charge in [-0.1, -0.05) is 0 Å². The molecule has 0 bridgehead atoms. The predicted molar refractivity (Wildman–Crippen MR) is 89.8 cm³/mol. The first-order chi connectivity index (χ1) is 11.8. The lowest BCUT2D eigenvalue weighted by Crippen LogP contribution is -2.01. The summed E-state index contributed by atoms with van der Waals surface area (Å²) in [4.78, 5) is 16.1. The number of nitrogens with one attached hydrogen (secondary N) is 1. The van der Waals surface area contributed by atoms with E-state index in [-0.39, 0.29) is 5.82 Å². The molecule has 0 spiro atoms. The molecule has 4 aromatic rings. The highest BCUT2D eigenvalue weighted by Gasteiger charge is 2.07. The molecule has 5 nitrogen and oxygen atoms in total. The van der Waals surface area contributed by atoms with Crippen molar-refractivity contribution in [1.29, 1.82) is 0 Å². The van der Waals surface area contributed by atoms with E-state index in [0.717, 1.165) is 47.6 Å². The van der Waals surface area contributed by atoms with Crippen LogP contribution in [0.5, 0.6) is 0 Å². The van der Waals surface area contributed by atoms with Crippen molar-refractivity contribution in [1.82, 2.24) is 24.5 Å². The quantitative estimate of drug-likeness (QED) is 0.611. The summed E-state index contributed by atoms with van der Waals surface area (Å²) in [7, 11) is 0. The molecule has 3 aromatic heterocycles. The standard InChI is InChI=1S/C18H16FN5/c19-14-3-4-15-16(12-14)23-17(22-15)2-1-10-24-11-9-21-18(24)13-5-7-20-8-6-13/h3-9,11-12H,1-2,10H2,(H,22,23). The van der Waals surface area contributed by atoms with E-state index in [1.807, 2.05) is 18.3 Å². The monoisotopic (exact) mass is 321 g/mol. The zero-order valence-corrected chi connectivity index (χ0v) is 13.0. The highest BCUT2D eigenvalue weighted by molar-refractivity contribution is 5.74. The molecule has 0 amide bonds. The maximum absolute atomic E-state index is 13.2. The summed E-state index contributed by atoms with van der Waals surface area (Å²) in [5.41, 5.74) is 2.59. The predicted octanol–water partition coefficient (Wildman–Crippen LogP) is 3.59. The second-order valence-electron chi connectivity index (χ2n) is 5.63. The number of hydrogen-bond donors (Lipinski definition) is 1. The molecule has 0 atom stereocenters. The van der Waals surface area contributed by atoms with E-state index in [1.54, 1.807) is 24.7 Å². The van der Waals surface area contributed by atoms with E-state index in [0.29, 0.717) is 0 Å². The Hall–Kier alpha value is -3.02. The first-order valence-corrected chi connectivity index (χ1v) is 7.85. The van der Waals surface area contributed by atoms with E-state index < -0.39 is 0 Å². The zero-order chi connectivity index (χ0) is 16.4. The molecule has 6 heteroatoms. The van der Waals surface area contributed by atoms with Gasteiger partial charge in [-0.3, -0.25) is 4.98 Å². The molecule has 120 valence electrons. The van der Waals surface area contributed by atoms with Crippen molar-refractivity contribution < 1.29 is 4.39 Å². The minimum Gasteiger partial charge on any atom is -0.342 e. The second kappa shape index (κ2) is 6.23. The summed E-state index contributed by atoms with van der Waals surface area (Å²) in [6.45, 7) is 0.836. The van der Waals surface area contributed by atoms with Crippen LogP contribution in [0, 0.1) is 5.82 Å². The number of nitrogens with zero attached hydrogens (tertiary/aromatic N) is 4. The van der Waals surface area contributed by atoms with Gasteiger partial charge in [0.2, 0.25) is 0 Å². The number of pyridine rings is 1. The Bertz CT molecular complexity index is 958. The Kier molecular flexibility index (Phi) is 3.78. The molecule has 0 unspecified atom stereocenters. The number of hydrogen-bond acceptors (Lipinski definition) is 3. The third-order valence-corrected chi connectivity index (χ3v) is 3.96. The Morgan fingerprint density at radius 1 is 1.08 bits per heavy atom. The number of fused-ring (bicyclic) bond motifs is 1. The van der Waals surface area contributed by atoms with Gasteiger partial charge < -0.3 is 9.55 Å². The molecule has 0 saturated carbocycles. The largest absolute Gasteiger partial charge is 0.342 e. The summed E-state index contributed by atoms with van der Waals surface area (Å²) in [5, 5.41) is 0. The van der Waals surface area contributed by atoms with Crippen LogP contribution in [-0.4, -0.2) is 24.5 Å². The molecule has 4 rings (SSSR count). The maximum Gasteiger partial charge on any atom is 0.139 e. The number of halogens is 1. The highest BCUT2D eigenvalue weighted by Crippen LogP contribution is 2.17. The SMILES string of the molecule is Fc1ccc2nc(CCCn3ccnc3-c3ccncc3)[nH]c2c1. The topological polar surface area (TPSA) is 59.4 Å². The van der Waals surface area contributed by atoms with Gasteiger partial charge >= 0.3 is 0 Å². The second-order valence-corrected chi connectivity index (χ2v) is 5.63. The van der Waals surface area contributed by atoms with Crippen LogP contribution in [0.2, 0.25) is 0 Å². The number of aromatic nitrogens is 5. The van der Waals surface area contributed by atoms with Crippen molar-refractivity contribution in [2.75, 3.05) is 0 Å². The Morgan fingerprint density at radius 3 is 2.83 bits per heavy atom. The molecule has 0 fully saturated rings. The molecule has 0 aliphatic carbocycles. The fourth-order valence-corrected chi connectivity index (χ4v) is 2.82. The van der Waals surface area contributed by atoms with Crippen molar-refractivity contribution in [2.45, 2.75) is 19.4 Å². The van der Waals surface area contributed by atoms with E-state index in [9.17, 15) is 4.39 Å². The Labute approximate surface area is 138 Å². The van der Waals surface area contributed by atoms with Crippen LogP contribution in [-0.2, 0) is 13.0 Å². The van der Waals surface area contributed by atoms with E-state index in [4.69, 9.17) is 0 Å². The van der Waals surface area contributed by atoms with Crippen molar-refractivity contribution in [3.63, 3.8) is 0 Å². The van der Waals surface area contributed by atoms with Crippen molar-refractivity contribution in [2.24, 2.45) is 0 Å². The van der Waals surface area contributed by atoms with Gasteiger partial charge in [0.1, 0.15) is 17.5 Å². The van der Waals surface area contributed by atoms with Gasteiger partial charge in [-0.05, 0) is 36.8 Å². The van der Waals surface area contributed by atoms with Gasteiger partial charge in [0.15, 0.2) is 0 Å². The lowest BCUT2D eigenvalue weighted by atomic mass is 10.2. The minimum atomic E-state index is -0.252. The first-order valence-electron chi connectivity index (χ1n) is 7.85. The van der Waals surface area contributed by atoms with Gasteiger partial charge in [0, 0.05) is 43.3 Å². The van der Waals surface area contributed by atoms with Crippen molar-refractivity contribution in [3.8, 4) is 11.4 Å². The van der Waals surface area contributed by atoms with E-state index in [1.165, 1.54) is 12.1 Å².